The highest BCUT2D eigenvalue weighted by atomic mass is 31.2. The van der Waals surface area contributed by atoms with Gasteiger partial charge in [0.2, 0.25) is 0 Å². The Hall–Kier alpha value is -3.08. The number of aromatic amines is 1. The van der Waals surface area contributed by atoms with Gasteiger partial charge < -0.3 is 40.1 Å². The van der Waals surface area contributed by atoms with E-state index in [-0.39, 0.29) is 5.69 Å². The molecule has 3 aromatic rings. The quantitative estimate of drug-likeness (QED) is 0.122. The number of aliphatic hydroxyl groups excluding tert-OH is 3. The predicted octanol–water partition coefficient (Wildman–Crippen LogP) is -0.592. The number of anilines is 1. The average molecular weight is 500 g/mol. The number of fused-ring (bicyclic) bond motifs is 1. The maximum absolute atomic E-state index is 10.9. The molecule has 1 fully saturated rings. The Balaban J connectivity index is 0.000000204. The van der Waals surface area contributed by atoms with Crippen LogP contribution in [0.25, 0.3) is 11.2 Å². The molecule has 1 unspecified atom stereocenters. The van der Waals surface area contributed by atoms with Crippen molar-refractivity contribution in [2.75, 3.05) is 11.9 Å². The molecule has 0 amide bonds. The van der Waals surface area contributed by atoms with E-state index in [1.54, 1.807) is 18.2 Å². The van der Waals surface area contributed by atoms with Gasteiger partial charge in [-0.1, -0.05) is 18.2 Å². The van der Waals surface area contributed by atoms with E-state index in [2.05, 4.69) is 34.5 Å². The van der Waals surface area contributed by atoms with Crippen molar-refractivity contribution in [3.05, 3.63) is 52.6 Å². The molecule has 16 nitrogen and oxygen atoms in total. The second-order valence-corrected chi connectivity index (χ2v) is 8.13. The first-order valence-corrected chi connectivity index (χ1v) is 11.1. The Morgan fingerprint density at radius 2 is 1.91 bits per heavy atom. The van der Waals surface area contributed by atoms with Gasteiger partial charge in [-0.3, -0.25) is 14.6 Å². The highest BCUT2D eigenvalue weighted by Crippen LogP contribution is 2.37. The number of rotatable bonds is 7. The summed E-state index contributed by atoms with van der Waals surface area (Å²) in [5.74, 6) is 0.561. The van der Waals surface area contributed by atoms with Crippen molar-refractivity contribution in [1.29, 1.82) is 0 Å². The molecule has 4 rings (SSSR count). The Morgan fingerprint density at radius 3 is 2.56 bits per heavy atom. The molecule has 1 aliphatic rings. The zero-order valence-electron chi connectivity index (χ0n) is 17.2. The first kappa shape index (κ1) is 25.5. The van der Waals surface area contributed by atoms with E-state index in [1.165, 1.54) is 18.7 Å². The van der Waals surface area contributed by atoms with Crippen LogP contribution in [-0.2, 0) is 20.4 Å². The average Bonchev–Trinajstić information content (AvgIpc) is 3.37. The summed E-state index contributed by atoms with van der Waals surface area (Å²) in [6, 6.07) is 6.58. The van der Waals surface area contributed by atoms with Crippen LogP contribution in [0.2, 0.25) is 0 Å². The lowest BCUT2D eigenvalue weighted by atomic mass is 10.1. The standard InChI is InChI=1S/C12H10N6O2.C5H11O8P/c19-18(20)9-4-2-1-3-8(9)5-13-11-10-12(15-6-14-10)17-7-16-11;6-3-2(1-12-14(9,10)11)13-5(8)4(3)7/h1-4,6-7H,5H2,(H2,13,14,15,16,17);2-8H,1H2,(H2,9,10,11)/t;2-,3-,4-,5?/m.1/s1. The molecule has 0 bridgehead atoms. The third-order valence-electron chi connectivity index (χ3n) is 4.60. The van der Waals surface area contributed by atoms with Crippen molar-refractivity contribution >= 4 is 30.5 Å². The molecule has 0 saturated carbocycles. The Kier molecular flexibility index (Phi) is 8.19. The second-order valence-electron chi connectivity index (χ2n) is 6.90. The number of nitro groups is 1. The van der Waals surface area contributed by atoms with E-state index in [0.717, 1.165) is 0 Å². The lowest BCUT2D eigenvalue weighted by molar-refractivity contribution is -0.385. The van der Waals surface area contributed by atoms with Gasteiger partial charge in [-0.2, -0.15) is 0 Å². The lowest BCUT2D eigenvalue weighted by Crippen LogP contribution is -2.34. The molecule has 0 aliphatic carbocycles. The topological polar surface area (TPSA) is 246 Å². The Labute approximate surface area is 190 Å². The van der Waals surface area contributed by atoms with Crippen LogP contribution in [-0.4, -0.2) is 81.2 Å². The third kappa shape index (κ3) is 6.49. The Morgan fingerprint density at radius 1 is 1.18 bits per heavy atom. The summed E-state index contributed by atoms with van der Waals surface area (Å²) >= 11 is 0. The largest absolute Gasteiger partial charge is 0.469 e. The van der Waals surface area contributed by atoms with Gasteiger partial charge in [-0.15, -0.1) is 0 Å². The highest BCUT2D eigenvalue weighted by Gasteiger charge is 2.42. The van der Waals surface area contributed by atoms with Crippen molar-refractivity contribution < 1.29 is 43.9 Å². The molecular weight excluding hydrogens is 479 g/mol. The van der Waals surface area contributed by atoms with Gasteiger partial charge in [-0.05, 0) is 0 Å². The number of nitro benzene ring substituents is 1. The summed E-state index contributed by atoms with van der Waals surface area (Å²) in [5.41, 5.74) is 1.88. The predicted molar refractivity (Wildman–Crippen MR) is 113 cm³/mol. The summed E-state index contributed by atoms with van der Waals surface area (Å²) in [5, 5.41) is 41.0. The molecular formula is C17H21N6O10P. The lowest BCUT2D eigenvalue weighted by Gasteiger charge is -2.14. The molecule has 2 aromatic heterocycles. The van der Waals surface area contributed by atoms with Crippen molar-refractivity contribution in [3.8, 4) is 0 Å². The van der Waals surface area contributed by atoms with Crippen LogP contribution in [0, 0.1) is 10.1 Å². The molecule has 1 aliphatic heterocycles. The summed E-state index contributed by atoms with van der Waals surface area (Å²) in [6.07, 6.45) is -2.75. The van der Waals surface area contributed by atoms with Gasteiger partial charge >= 0.3 is 7.82 Å². The van der Waals surface area contributed by atoms with E-state index < -0.39 is 44.0 Å². The molecule has 4 atom stereocenters. The number of aromatic nitrogens is 4. The van der Waals surface area contributed by atoms with Crippen LogP contribution < -0.4 is 5.32 Å². The molecule has 1 saturated heterocycles. The number of benzene rings is 1. The van der Waals surface area contributed by atoms with E-state index >= 15 is 0 Å². The number of hydrogen-bond donors (Lipinski definition) is 7. The van der Waals surface area contributed by atoms with Gasteiger partial charge in [0.05, 0.1) is 17.9 Å². The van der Waals surface area contributed by atoms with Crippen molar-refractivity contribution in [1.82, 2.24) is 19.9 Å². The zero-order chi connectivity index (χ0) is 24.9. The van der Waals surface area contributed by atoms with Crippen LogP contribution in [0.4, 0.5) is 11.5 Å². The number of phosphoric ester groups is 1. The smallest absolute Gasteiger partial charge is 0.387 e. The molecule has 1 aromatic carbocycles. The minimum Gasteiger partial charge on any atom is -0.387 e. The number of phosphoric acid groups is 1. The van der Waals surface area contributed by atoms with Crippen LogP contribution in [0.15, 0.2) is 36.9 Å². The van der Waals surface area contributed by atoms with Crippen LogP contribution in [0.5, 0.6) is 0 Å². The van der Waals surface area contributed by atoms with E-state index in [0.29, 0.717) is 29.1 Å². The number of para-hydroxylation sites is 1. The van der Waals surface area contributed by atoms with E-state index in [9.17, 15) is 14.7 Å². The maximum atomic E-state index is 10.9. The molecule has 0 spiro atoms. The molecule has 7 N–H and O–H groups in total. The minimum absolute atomic E-state index is 0.0786. The molecule has 184 valence electrons. The monoisotopic (exact) mass is 500 g/mol. The highest BCUT2D eigenvalue weighted by molar-refractivity contribution is 7.46. The maximum Gasteiger partial charge on any atom is 0.469 e. The molecule has 34 heavy (non-hydrogen) atoms. The van der Waals surface area contributed by atoms with Crippen molar-refractivity contribution in [3.63, 3.8) is 0 Å². The fourth-order valence-electron chi connectivity index (χ4n) is 2.95. The van der Waals surface area contributed by atoms with E-state index in [1.807, 2.05) is 0 Å². The summed E-state index contributed by atoms with van der Waals surface area (Å²) < 4.78 is 18.9. The van der Waals surface area contributed by atoms with Gasteiger partial charge in [0.1, 0.15) is 30.2 Å². The molecule has 3 heterocycles. The summed E-state index contributed by atoms with van der Waals surface area (Å²) in [4.78, 5) is 42.2. The molecule has 0 radical (unpaired) electrons. The van der Waals surface area contributed by atoms with Crippen molar-refractivity contribution in [2.24, 2.45) is 0 Å². The first-order valence-electron chi connectivity index (χ1n) is 9.57. The normalized spacial score (nSPS) is 22.3. The van der Waals surface area contributed by atoms with Crippen molar-refractivity contribution in [2.45, 2.75) is 31.1 Å². The number of nitrogens with one attached hydrogen (secondary N) is 2. The van der Waals surface area contributed by atoms with Crippen LogP contribution in [0.3, 0.4) is 0 Å². The second kappa shape index (κ2) is 10.9. The van der Waals surface area contributed by atoms with Crippen LogP contribution >= 0.6 is 7.82 Å². The first-order chi connectivity index (χ1) is 16.1. The summed E-state index contributed by atoms with van der Waals surface area (Å²) in [7, 11) is -4.64. The SMILES string of the molecule is O=P(O)(O)OC[C@H]1OC(O)[C@H](O)[C@@H]1O.O=[N+]([O-])c1ccccc1CNc1ncnc2nc[nH]c12. The Bertz CT molecular complexity index is 1170. The third-order valence-corrected chi connectivity index (χ3v) is 5.09. The molecule has 17 heteroatoms. The fourth-order valence-corrected chi connectivity index (χ4v) is 3.29. The van der Waals surface area contributed by atoms with E-state index in [4.69, 9.17) is 25.1 Å². The van der Waals surface area contributed by atoms with Gasteiger partial charge in [0.25, 0.3) is 5.69 Å². The number of imidazole rings is 1. The number of hydrogen-bond acceptors (Lipinski definition) is 12. The van der Waals surface area contributed by atoms with Gasteiger partial charge in [0, 0.05) is 18.2 Å². The number of nitrogens with zero attached hydrogens (tertiary/aromatic N) is 4. The van der Waals surface area contributed by atoms with Gasteiger partial charge in [-0.25, -0.2) is 19.5 Å². The number of aliphatic hydroxyl groups is 3. The number of ether oxygens (including phenoxy) is 1. The minimum atomic E-state index is -4.64. The van der Waals surface area contributed by atoms with Crippen LogP contribution in [0.1, 0.15) is 5.56 Å². The zero-order valence-corrected chi connectivity index (χ0v) is 18.1. The summed E-state index contributed by atoms with van der Waals surface area (Å²) in [6.45, 7) is -0.318. The fraction of sp³-hybridized carbons (Fsp3) is 0.353. The number of H-pyrrole nitrogens is 1. The van der Waals surface area contributed by atoms with Gasteiger partial charge in [0.15, 0.2) is 17.8 Å².